The van der Waals surface area contributed by atoms with Crippen LogP contribution in [0.15, 0.2) is 99.9 Å². The number of allylic oxidation sites excluding steroid dienone is 1. The van der Waals surface area contributed by atoms with Crippen LogP contribution in [-0.4, -0.2) is 17.1 Å². The summed E-state index contributed by atoms with van der Waals surface area (Å²) >= 11 is 7.39. The van der Waals surface area contributed by atoms with Gasteiger partial charge in [0.2, 0.25) is 0 Å². The number of hydrogen-bond donors (Lipinski definition) is 0. The van der Waals surface area contributed by atoms with Crippen molar-refractivity contribution < 1.29 is 14.3 Å². The van der Waals surface area contributed by atoms with Crippen molar-refractivity contribution >= 4 is 35.0 Å². The second-order valence-electron chi connectivity index (χ2n) is 8.67. The van der Waals surface area contributed by atoms with Crippen molar-refractivity contribution in [3.63, 3.8) is 0 Å². The van der Waals surface area contributed by atoms with E-state index in [0.29, 0.717) is 38.0 Å². The van der Waals surface area contributed by atoms with Crippen LogP contribution in [0.4, 0.5) is 0 Å². The lowest BCUT2D eigenvalue weighted by Gasteiger charge is -2.24. The Hall–Kier alpha value is -3.94. The molecule has 8 heteroatoms. The topological polar surface area (TPSA) is 69.9 Å². The number of rotatable bonds is 7. The second-order valence-corrected chi connectivity index (χ2v) is 10.1. The van der Waals surface area contributed by atoms with Gasteiger partial charge >= 0.3 is 5.97 Å². The molecule has 0 saturated heterocycles. The third-order valence-corrected chi connectivity index (χ3v) is 7.34. The third kappa shape index (κ3) is 5.21. The van der Waals surface area contributed by atoms with E-state index >= 15 is 0 Å². The van der Waals surface area contributed by atoms with Gasteiger partial charge < -0.3 is 9.47 Å². The van der Waals surface area contributed by atoms with Gasteiger partial charge in [0.1, 0.15) is 12.4 Å². The molecule has 192 valence electrons. The number of aromatic nitrogens is 1. The maximum Gasteiger partial charge on any atom is 0.338 e. The summed E-state index contributed by atoms with van der Waals surface area (Å²) in [6.45, 7) is 4.10. The molecular weight excluding hydrogens is 520 g/mol. The van der Waals surface area contributed by atoms with Crippen molar-refractivity contribution in [2.75, 3.05) is 6.61 Å². The van der Waals surface area contributed by atoms with Gasteiger partial charge in [-0.2, -0.15) is 0 Å². The maximum absolute atomic E-state index is 13.8. The van der Waals surface area contributed by atoms with Crippen LogP contribution in [0.25, 0.3) is 6.08 Å². The van der Waals surface area contributed by atoms with E-state index in [1.165, 1.54) is 11.3 Å². The van der Waals surface area contributed by atoms with Crippen molar-refractivity contribution in [2.24, 2.45) is 4.99 Å². The molecule has 0 fully saturated rings. The molecule has 1 aromatic heterocycles. The number of ether oxygens (including phenoxy) is 2. The van der Waals surface area contributed by atoms with Gasteiger partial charge in [-0.1, -0.05) is 83.6 Å². The molecule has 5 rings (SSSR count). The number of halogens is 1. The summed E-state index contributed by atoms with van der Waals surface area (Å²) in [6, 6.07) is 23.9. The summed E-state index contributed by atoms with van der Waals surface area (Å²) < 4.78 is 13.5. The summed E-state index contributed by atoms with van der Waals surface area (Å²) in [6.07, 6.45) is 1.81. The zero-order chi connectivity index (χ0) is 26.6. The van der Waals surface area contributed by atoms with Gasteiger partial charge in [0.15, 0.2) is 4.80 Å². The summed E-state index contributed by atoms with van der Waals surface area (Å²) in [5, 5.41) is 0.644. The summed E-state index contributed by atoms with van der Waals surface area (Å²) in [5.74, 6) is 0.165. The standard InChI is InChI=1S/C30H25ClN2O4S/c1-3-36-29(35)26-19(2)32-30-33(27(26)21-11-5-4-6-12-21)28(34)25(38-30)17-22-13-7-8-15-24(22)37-18-20-10-9-14-23(31)16-20/h4-17,27H,3,18H2,1-2H3/b25-17-/t27-/m0/s1. The monoisotopic (exact) mass is 544 g/mol. The second kappa shape index (κ2) is 11.2. The fraction of sp³-hybridized carbons (Fsp3) is 0.167. The number of benzene rings is 3. The zero-order valence-electron chi connectivity index (χ0n) is 20.9. The van der Waals surface area contributed by atoms with E-state index in [-0.39, 0.29) is 12.2 Å². The van der Waals surface area contributed by atoms with Crippen molar-refractivity contribution in [1.82, 2.24) is 4.57 Å². The van der Waals surface area contributed by atoms with E-state index in [2.05, 4.69) is 4.99 Å². The Morgan fingerprint density at radius 3 is 2.61 bits per heavy atom. The Balaban J connectivity index is 1.59. The summed E-state index contributed by atoms with van der Waals surface area (Å²) in [7, 11) is 0. The van der Waals surface area contributed by atoms with E-state index in [1.54, 1.807) is 18.4 Å². The fourth-order valence-corrected chi connectivity index (χ4v) is 5.65. The van der Waals surface area contributed by atoms with Gasteiger partial charge in [-0.3, -0.25) is 9.36 Å². The molecule has 3 aromatic carbocycles. The van der Waals surface area contributed by atoms with Gasteiger partial charge in [-0.15, -0.1) is 0 Å². The lowest BCUT2D eigenvalue weighted by Crippen LogP contribution is -2.39. The first-order valence-corrected chi connectivity index (χ1v) is 13.4. The van der Waals surface area contributed by atoms with Crippen LogP contribution in [0.5, 0.6) is 5.75 Å². The highest BCUT2D eigenvalue weighted by Gasteiger charge is 2.33. The van der Waals surface area contributed by atoms with E-state index in [9.17, 15) is 9.59 Å². The molecule has 0 saturated carbocycles. The van der Waals surface area contributed by atoms with Gasteiger partial charge in [-0.05, 0) is 49.2 Å². The maximum atomic E-state index is 13.8. The molecular formula is C30H25ClN2O4S. The third-order valence-electron chi connectivity index (χ3n) is 6.12. The van der Waals surface area contributed by atoms with Crippen molar-refractivity contribution in [1.29, 1.82) is 0 Å². The van der Waals surface area contributed by atoms with Crippen LogP contribution in [0.3, 0.4) is 0 Å². The number of esters is 1. The van der Waals surface area contributed by atoms with Gasteiger partial charge in [0.25, 0.3) is 5.56 Å². The molecule has 2 heterocycles. The first-order valence-electron chi connectivity index (χ1n) is 12.2. The van der Waals surface area contributed by atoms with E-state index in [1.807, 2.05) is 84.9 Å². The largest absolute Gasteiger partial charge is 0.488 e. The summed E-state index contributed by atoms with van der Waals surface area (Å²) in [4.78, 5) is 32.0. The molecule has 4 aromatic rings. The molecule has 0 aliphatic carbocycles. The number of carbonyl (C=O) groups excluding carboxylic acids is 1. The molecule has 0 N–H and O–H groups in total. The number of thiazole rings is 1. The lowest BCUT2D eigenvalue weighted by molar-refractivity contribution is -0.139. The molecule has 38 heavy (non-hydrogen) atoms. The minimum absolute atomic E-state index is 0.230. The lowest BCUT2D eigenvalue weighted by atomic mass is 9.96. The molecule has 1 aliphatic heterocycles. The highest BCUT2D eigenvalue weighted by atomic mass is 35.5. The average Bonchev–Trinajstić information content (AvgIpc) is 3.22. The van der Waals surface area contributed by atoms with Crippen LogP contribution in [0.1, 0.15) is 36.6 Å². The number of nitrogens with zero attached hydrogens (tertiary/aromatic N) is 2. The van der Waals surface area contributed by atoms with Gasteiger partial charge in [0, 0.05) is 10.6 Å². The molecule has 1 aliphatic rings. The minimum atomic E-state index is -0.636. The molecule has 0 bridgehead atoms. The quantitative estimate of drug-likeness (QED) is 0.306. The van der Waals surface area contributed by atoms with E-state index in [4.69, 9.17) is 21.1 Å². The zero-order valence-corrected chi connectivity index (χ0v) is 22.5. The Morgan fingerprint density at radius 2 is 1.84 bits per heavy atom. The SMILES string of the molecule is CCOC(=O)C1=C(C)N=c2s/c(=C\c3ccccc3OCc3cccc(Cl)c3)c(=O)n2[C@H]1c1ccccc1. The smallest absolute Gasteiger partial charge is 0.338 e. The van der Waals surface area contributed by atoms with E-state index < -0.39 is 12.0 Å². The Morgan fingerprint density at radius 1 is 1.08 bits per heavy atom. The van der Waals surface area contributed by atoms with Crippen LogP contribution < -0.4 is 19.6 Å². The molecule has 0 radical (unpaired) electrons. The number of fused-ring (bicyclic) bond motifs is 1. The normalized spacial score (nSPS) is 15.1. The van der Waals surface area contributed by atoms with Gasteiger partial charge in [-0.25, -0.2) is 9.79 Å². The Kier molecular flexibility index (Phi) is 7.58. The summed E-state index contributed by atoms with van der Waals surface area (Å²) in [5.41, 5.74) is 3.18. The van der Waals surface area contributed by atoms with Crippen LogP contribution >= 0.6 is 22.9 Å². The highest BCUT2D eigenvalue weighted by Crippen LogP contribution is 2.30. The van der Waals surface area contributed by atoms with Crippen LogP contribution in [-0.2, 0) is 16.1 Å². The minimum Gasteiger partial charge on any atom is -0.488 e. The first-order chi connectivity index (χ1) is 18.5. The van der Waals surface area contributed by atoms with Crippen molar-refractivity contribution in [2.45, 2.75) is 26.5 Å². The van der Waals surface area contributed by atoms with Crippen molar-refractivity contribution in [3.8, 4) is 5.75 Å². The van der Waals surface area contributed by atoms with Crippen molar-refractivity contribution in [3.05, 3.63) is 132 Å². The van der Waals surface area contributed by atoms with Crippen LogP contribution in [0, 0.1) is 0 Å². The number of hydrogen-bond acceptors (Lipinski definition) is 6. The molecule has 0 unspecified atom stereocenters. The molecule has 0 amide bonds. The average molecular weight is 545 g/mol. The number of para-hydroxylation sites is 1. The van der Waals surface area contributed by atoms with Gasteiger partial charge in [0.05, 0.1) is 28.5 Å². The highest BCUT2D eigenvalue weighted by molar-refractivity contribution is 7.07. The predicted octanol–water partition coefficient (Wildman–Crippen LogP) is 5.03. The predicted molar refractivity (Wildman–Crippen MR) is 149 cm³/mol. The molecule has 0 spiro atoms. The Bertz CT molecular complexity index is 1710. The van der Waals surface area contributed by atoms with Crippen LogP contribution in [0.2, 0.25) is 5.02 Å². The fourth-order valence-electron chi connectivity index (χ4n) is 4.40. The molecule has 1 atom stereocenters. The number of carbonyl (C=O) groups is 1. The molecule has 6 nitrogen and oxygen atoms in total. The Labute approximate surface area is 228 Å². The van der Waals surface area contributed by atoms with E-state index in [0.717, 1.165) is 16.7 Å². The first kappa shape index (κ1) is 25.7.